The van der Waals surface area contributed by atoms with Crippen molar-refractivity contribution in [3.05, 3.63) is 113 Å². The fraction of sp³-hybridized carbons (Fsp3) is 0.294. The summed E-state index contributed by atoms with van der Waals surface area (Å²) < 4.78 is 43.9. The Labute approximate surface area is 261 Å². The molecule has 4 rings (SSSR count). The molecule has 0 atom stereocenters. The first-order valence-electron chi connectivity index (χ1n) is 14.3. The van der Waals surface area contributed by atoms with Gasteiger partial charge in [0.2, 0.25) is 0 Å². The Morgan fingerprint density at radius 2 is 1.33 bits per heavy atom. The molecule has 1 heterocycles. The Morgan fingerprint density at radius 1 is 0.800 bits per heavy atom. The van der Waals surface area contributed by atoms with Crippen LogP contribution in [0, 0.1) is 11.6 Å². The van der Waals surface area contributed by atoms with E-state index in [0.717, 1.165) is 67.5 Å². The van der Waals surface area contributed by atoms with Crippen molar-refractivity contribution >= 4 is 18.0 Å². The van der Waals surface area contributed by atoms with E-state index in [1.54, 1.807) is 38.5 Å². The minimum Gasteiger partial charge on any atom is -0.497 e. The molecule has 11 heteroatoms. The van der Waals surface area contributed by atoms with Crippen molar-refractivity contribution in [3.8, 4) is 11.5 Å². The van der Waals surface area contributed by atoms with Crippen molar-refractivity contribution in [3.63, 3.8) is 0 Å². The third-order valence-corrected chi connectivity index (χ3v) is 6.97. The number of carbonyl (C=O) groups is 2. The molecule has 0 unspecified atom stereocenters. The Morgan fingerprint density at radius 3 is 1.82 bits per heavy atom. The number of benzene rings is 3. The first-order valence-corrected chi connectivity index (χ1v) is 14.3. The van der Waals surface area contributed by atoms with Gasteiger partial charge in [0.1, 0.15) is 29.2 Å². The third-order valence-electron chi connectivity index (χ3n) is 6.97. The molecule has 0 bridgehead atoms. The molecule has 0 spiro atoms. The molecule has 3 aromatic rings. The van der Waals surface area contributed by atoms with Crippen molar-refractivity contribution in [2.75, 3.05) is 60.1 Å². The van der Waals surface area contributed by atoms with E-state index in [1.807, 2.05) is 18.2 Å². The fourth-order valence-corrected chi connectivity index (χ4v) is 4.60. The zero-order chi connectivity index (χ0) is 32.6. The molecular weight excluding hydrogens is 586 g/mol. The quantitative estimate of drug-likeness (QED) is 0.250. The molecule has 2 N–H and O–H groups in total. The second-order valence-electron chi connectivity index (χ2n) is 10.0. The third kappa shape index (κ3) is 12.1. The highest BCUT2D eigenvalue weighted by Gasteiger charge is 2.19. The smallest absolute Gasteiger partial charge is 0.328 e. The number of carboxylic acids is 2. The number of piperazine rings is 1. The normalized spacial score (nSPS) is 14.0. The summed E-state index contributed by atoms with van der Waals surface area (Å²) in [5, 5.41) is 15.6. The van der Waals surface area contributed by atoms with Crippen molar-refractivity contribution in [2.45, 2.75) is 6.10 Å². The van der Waals surface area contributed by atoms with E-state index in [4.69, 9.17) is 24.4 Å². The highest BCUT2D eigenvalue weighted by molar-refractivity contribution is 5.89. The summed E-state index contributed by atoms with van der Waals surface area (Å²) in [6.07, 6.45) is 4.98. The van der Waals surface area contributed by atoms with E-state index in [9.17, 15) is 18.4 Å². The second kappa shape index (κ2) is 18.3. The Kier molecular flexibility index (Phi) is 14.2. The van der Waals surface area contributed by atoms with Crippen LogP contribution < -0.4 is 9.47 Å². The van der Waals surface area contributed by atoms with E-state index in [0.29, 0.717) is 18.8 Å². The molecule has 240 valence electrons. The van der Waals surface area contributed by atoms with Crippen LogP contribution in [0.25, 0.3) is 6.08 Å². The lowest BCUT2D eigenvalue weighted by Gasteiger charge is -2.34. The van der Waals surface area contributed by atoms with Gasteiger partial charge in [0.25, 0.3) is 0 Å². The summed E-state index contributed by atoms with van der Waals surface area (Å²) in [6, 6.07) is 18.3. The van der Waals surface area contributed by atoms with Gasteiger partial charge in [-0.05, 0) is 53.6 Å². The number of hydrogen-bond acceptors (Lipinski definition) is 7. The first kappa shape index (κ1) is 34.9. The van der Waals surface area contributed by atoms with Crippen LogP contribution in [0.4, 0.5) is 8.78 Å². The van der Waals surface area contributed by atoms with Crippen LogP contribution in [0.5, 0.6) is 11.5 Å². The summed E-state index contributed by atoms with van der Waals surface area (Å²) >= 11 is 0. The molecule has 0 aromatic heterocycles. The van der Waals surface area contributed by atoms with Gasteiger partial charge in [-0.25, -0.2) is 18.4 Å². The van der Waals surface area contributed by atoms with Gasteiger partial charge in [0.05, 0.1) is 20.8 Å². The zero-order valence-electron chi connectivity index (χ0n) is 25.3. The summed E-state index contributed by atoms with van der Waals surface area (Å²) in [5.41, 5.74) is 2.68. The van der Waals surface area contributed by atoms with Gasteiger partial charge in [0, 0.05) is 57.0 Å². The van der Waals surface area contributed by atoms with Crippen molar-refractivity contribution < 1.29 is 42.8 Å². The van der Waals surface area contributed by atoms with E-state index < -0.39 is 11.9 Å². The number of methoxy groups -OCH3 is 2. The van der Waals surface area contributed by atoms with Gasteiger partial charge in [0.15, 0.2) is 0 Å². The molecule has 0 radical (unpaired) electrons. The number of aliphatic carboxylic acids is 2. The van der Waals surface area contributed by atoms with E-state index >= 15 is 0 Å². The van der Waals surface area contributed by atoms with Gasteiger partial charge in [-0.2, -0.15) is 0 Å². The first-order chi connectivity index (χ1) is 21.7. The molecule has 1 aliphatic heterocycles. The maximum atomic E-state index is 13.4. The predicted octanol–water partition coefficient (Wildman–Crippen LogP) is 5.13. The molecule has 3 aromatic carbocycles. The lowest BCUT2D eigenvalue weighted by Crippen LogP contribution is -2.47. The summed E-state index contributed by atoms with van der Waals surface area (Å²) in [4.78, 5) is 23.9. The van der Waals surface area contributed by atoms with Crippen LogP contribution in [-0.4, -0.2) is 92.0 Å². The van der Waals surface area contributed by atoms with Crippen molar-refractivity contribution in [2.24, 2.45) is 0 Å². The topological polar surface area (TPSA) is 109 Å². The molecule has 1 saturated heterocycles. The SMILES string of the molecule is COc1ccc(OC)c(/C=C/CN2CCN(CCOC(c3ccc(F)cc3)c3ccc(F)cc3)CC2)c1.O=C(O)/C=C\C(=O)O. The highest BCUT2D eigenvalue weighted by atomic mass is 19.1. The maximum absolute atomic E-state index is 13.4. The maximum Gasteiger partial charge on any atom is 0.328 e. The average molecular weight is 625 g/mol. The number of nitrogens with zero attached hydrogens (tertiary/aromatic N) is 2. The number of halogens is 2. The molecule has 9 nitrogen and oxygen atoms in total. The average Bonchev–Trinajstić information content (AvgIpc) is 3.04. The van der Waals surface area contributed by atoms with Crippen molar-refractivity contribution in [1.29, 1.82) is 0 Å². The van der Waals surface area contributed by atoms with Crippen LogP contribution in [0.15, 0.2) is 85.0 Å². The number of ether oxygens (including phenoxy) is 3. The molecular formula is C34H38F2N2O7. The molecule has 0 aliphatic carbocycles. The zero-order valence-corrected chi connectivity index (χ0v) is 25.3. The van der Waals surface area contributed by atoms with Crippen LogP contribution in [0.3, 0.4) is 0 Å². The van der Waals surface area contributed by atoms with Crippen molar-refractivity contribution in [1.82, 2.24) is 9.80 Å². The molecule has 1 fully saturated rings. The summed E-state index contributed by atoms with van der Waals surface area (Å²) in [5.74, 6) is -1.48. The van der Waals surface area contributed by atoms with Gasteiger partial charge >= 0.3 is 11.9 Å². The Bertz CT molecular complexity index is 1360. The monoisotopic (exact) mass is 624 g/mol. The number of carboxylic acid groups (broad SMARTS) is 2. The molecule has 0 amide bonds. The van der Waals surface area contributed by atoms with Crippen LogP contribution in [0.2, 0.25) is 0 Å². The number of rotatable bonds is 13. The number of hydrogen-bond donors (Lipinski definition) is 2. The van der Waals surface area contributed by atoms with E-state index in [2.05, 4.69) is 22.0 Å². The summed E-state index contributed by atoms with van der Waals surface area (Å²) in [7, 11) is 3.33. The Balaban J connectivity index is 0.000000610. The van der Waals surface area contributed by atoms with Gasteiger partial charge < -0.3 is 24.4 Å². The van der Waals surface area contributed by atoms with Crippen LogP contribution in [0.1, 0.15) is 22.8 Å². The van der Waals surface area contributed by atoms with Crippen LogP contribution in [-0.2, 0) is 14.3 Å². The fourth-order valence-electron chi connectivity index (χ4n) is 4.60. The lowest BCUT2D eigenvalue weighted by molar-refractivity contribution is -0.134. The van der Waals surface area contributed by atoms with Crippen LogP contribution >= 0.6 is 0 Å². The molecule has 0 saturated carbocycles. The lowest BCUT2D eigenvalue weighted by atomic mass is 10.0. The van der Waals surface area contributed by atoms with Gasteiger partial charge in [-0.1, -0.05) is 36.4 Å². The summed E-state index contributed by atoms with van der Waals surface area (Å²) in [6.45, 7) is 6.03. The minimum absolute atomic E-state index is 0.294. The predicted molar refractivity (Wildman–Crippen MR) is 166 cm³/mol. The van der Waals surface area contributed by atoms with Gasteiger partial charge in [-0.15, -0.1) is 0 Å². The molecule has 45 heavy (non-hydrogen) atoms. The minimum atomic E-state index is -1.26. The standard InChI is InChI=1S/C30H34F2N2O3.C4H4O4/c1-35-28-13-14-29(36-2)25(22-28)4-3-15-33-16-18-34(19-17-33)20-21-37-30(23-5-9-26(31)10-6-23)24-7-11-27(32)12-8-24;5-3(6)1-2-4(7)8/h3-14,22,30H,15-21H2,1-2H3;1-2H,(H,5,6)(H,7,8)/b4-3+;2-1-. The molecule has 1 aliphatic rings. The second-order valence-corrected chi connectivity index (χ2v) is 10.0. The van der Waals surface area contributed by atoms with E-state index in [-0.39, 0.29) is 17.7 Å². The highest BCUT2D eigenvalue weighted by Crippen LogP contribution is 2.27. The Hall–Kier alpha value is -4.58. The largest absolute Gasteiger partial charge is 0.497 e. The van der Waals surface area contributed by atoms with E-state index in [1.165, 1.54) is 24.3 Å². The van der Waals surface area contributed by atoms with Gasteiger partial charge in [-0.3, -0.25) is 9.80 Å².